The van der Waals surface area contributed by atoms with Gasteiger partial charge >= 0.3 is 5.97 Å². The van der Waals surface area contributed by atoms with Crippen LogP contribution < -0.4 is 10.0 Å². The number of hydrogen-bond acceptors (Lipinski definition) is 9. The Kier molecular flexibility index (Phi) is 9.27. The number of sulfonamides is 1. The molecule has 4 rings (SSSR count). The first kappa shape index (κ1) is 28.3. The molecular formula is C26H23N5O7S. The zero-order valence-electron chi connectivity index (χ0n) is 20.4. The van der Waals surface area contributed by atoms with E-state index in [4.69, 9.17) is 10.2 Å². The van der Waals surface area contributed by atoms with Crippen LogP contribution in [0.5, 0.6) is 11.5 Å². The van der Waals surface area contributed by atoms with Crippen LogP contribution in [0.2, 0.25) is 0 Å². The Morgan fingerprint density at radius 3 is 2.08 bits per heavy atom. The molecule has 200 valence electrons. The molecule has 0 fully saturated rings. The Bertz CT molecular complexity index is 1580. The summed E-state index contributed by atoms with van der Waals surface area (Å²) < 4.78 is 27.0. The lowest BCUT2D eigenvalue weighted by molar-refractivity contribution is -0.114. The standard InChI is InChI=1S/C18H14N4O5S.C8H9NO2/c23-16-9-6-13(11-15(16)18(24)25)21-20-12-4-7-14(8-5-12)28(26,27)22-17-3-1-2-10-19-17;1-6(10)9-7-2-4-8(11)5-3-7/h1-11,23H,(H,19,22)(H,24,25);2-5,11H,1H3,(H,9,10). The Labute approximate surface area is 223 Å². The number of aromatic hydroxyl groups is 2. The van der Waals surface area contributed by atoms with Gasteiger partial charge in [-0.05, 0) is 78.9 Å². The smallest absolute Gasteiger partial charge is 0.339 e. The minimum atomic E-state index is -3.79. The van der Waals surface area contributed by atoms with Crippen LogP contribution in [0, 0.1) is 0 Å². The summed E-state index contributed by atoms with van der Waals surface area (Å²) >= 11 is 0. The monoisotopic (exact) mass is 549 g/mol. The molecule has 0 radical (unpaired) electrons. The molecule has 0 atom stereocenters. The molecule has 0 bridgehead atoms. The molecule has 39 heavy (non-hydrogen) atoms. The fraction of sp³-hybridized carbons (Fsp3) is 0.0385. The number of carbonyl (C=O) groups is 2. The second-order valence-electron chi connectivity index (χ2n) is 7.75. The molecule has 1 amide bonds. The van der Waals surface area contributed by atoms with E-state index < -0.39 is 16.0 Å². The molecule has 3 aromatic carbocycles. The van der Waals surface area contributed by atoms with Crippen molar-refractivity contribution in [3.63, 3.8) is 0 Å². The average molecular weight is 550 g/mol. The van der Waals surface area contributed by atoms with Crippen molar-refractivity contribution in [2.45, 2.75) is 11.8 Å². The summed E-state index contributed by atoms with van der Waals surface area (Å²) in [4.78, 5) is 25.5. The van der Waals surface area contributed by atoms with E-state index in [9.17, 15) is 23.1 Å². The van der Waals surface area contributed by atoms with Crippen LogP contribution >= 0.6 is 0 Å². The van der Waals surface area contributed by atoms with Gasteiger partial charge in [-0.25, -0.2) is 18.2 Å². The Hall–Kier alpha value is -5.30. The fourth-order valence-corrected chi connectivity index (χ4v) is 3.94. The predicted octanol–water partition coefficient (Wildman–Crippen LogP) is 5.05. The van der Waals surface area contributed by atoms with Gasteiger partial charge < -0.3 is 20.6 Å². The third-order valence-corrected chi connectivity index (χ3v) is 6.10. The number of amides is 1. The van der Waals surface area contributed by atoms with Gasteiger partial charge in [0.2, 0.25) is 5.91 Å². The minimum absolute atomic E-state index is 0.0231. The number of carboxylic acid groups (broad SMARTS) is 1. The summed E-state index contributed by atoms with van der Waals surface area (Å²) in [5, 5.41) is 37.8. The van der Waals surface area contributed by atoms with Crippen LogP contribution in [0.15, 0.2) is 106 Å². The second-order valence-corrected chi connectivity index (χ2v) is 9.43. The van der Waals surface area contributed by atoms with Gasteiger partial charge in [-0.15, -0.1) is 0 Å². The fourth-order valence-electron chi connectivity index (χ4n) is 2.93. The van der Waals surface area contributed by atoms with Crippen LogP contribution in [0.25, 0.3) is 0 Å². The number of pyridine rings is 1. The van der Waals surface area contributed by atoms with Crippen molar-refractivity contribution in [1.29, 1.82) is 0 Å². The lowest BCUT2D eigenvalue weighted by Gasteiger charge is -2.07. The molecule has 12 nitrogen and oxygen atoms in total. The SMILES string of the molecule is CC(=O)Nc1ccc(O)cc1.O=C(O)c1cc(N=Nc2ccc(S(=O)(=O)Nc3ccccn3)cc2)ccc1O. The number of nitrogens with one attached hydrogen (secondary N) is 2. The number of rotatable bonds is 7. The van der Waals surface area contributed by atoms with Crippen LogP contribution in [-0.2, 0) is 14.8 Å². The number of phenolic OH excluding ortho intramolecular Hbond substituents is 1. The first-order valence-electron chi connectivity index (χ1n) is 11.1. The molecule has 0 saturated heterocycles. The number of carboxylic acids is 1. The van der Waals surface area contributed by atoms with Gasteiger partial charge in [-0.2, -0.15) is 10.2 Å². The van der Waals surface area contributed by atoms with E-state index in [0.29, 0.717) is 11.4 Å². The van der Waals surface area contributed by atoms with Crippen molar-refractivity contribution >= 4 is 44.8 Å². The first-order valence-corrected chi connectivity index (χ1v) is 12.6. The van der Waals surface area contributed by atoms with Crippen LogP contribution in [-0.4, -0.2) is 40.6 Å². The summed E-state index contributed by atoms with van der Waals surface area (Å²) in [5.74, 6) is -1.38. The summed E-state index contributed by atoms with van der Waals surface area (Å²) in [6.45, 7) is 1.44. The highest BCUT2D eigenvalue weighted by atomic mass is 32.2. The van der Waals surface area contributed by atoms with E-state index in [1.54, 1.807) is 24.3 Å². The summed E-state index contributed by atoms with van der Waals surface area (Å²) in [6.07, 6.45) is 1.47. The van der Waals surface area contributed by atoms with Gasteiger partial charge in [0.05, 0.1) is 16.3 Å². The van der Waals surface area contributed by atoms with Gasteiger partial charge in [-0.3, -0.25) is 9.52 Å². The van der Waals surface area contributed by atoms with Gasteiger partial charge in [0.15, 0.2) is 0 Å². The molecule has 0 aliphatic heterocycles. The Morgan fingerprint density at radius 2 is 1.49 bits per heavy atom. The predicted molar refractivity (Wildman–Crippen MR) is 143 cm³/mol. The normalized spacial score (nSPS) is 10.8. The number of hydrogen-bond donors (Lipinski definition) is 5. The van der Waals surface area contributed by atoms with E-state index in [1.807, 2.05) is 0 Å². The number of anilines is 2. The zero-order valence-corrected chi connectivity index (χ0v) is 21.2. The number of benzene rings is 3. The highest BCUT2D eigenvalue weighted by molar-refractivity contribution is 7.92. The van der Waals surface area contributed by atoms with Crippen molar-refractivity contribution in [3.05, 3.63) is 96.7 Å². The number of azo groups is 1. The third kappa shape index (κ3) is 8.65. The van der Waals surface area contributed by atoms with Crippen molar-refractivity contribution in [2.75, 3.05) is 10.0 Å². The maximum absolute atomic E-state index is 12.3. The topological polar surface area (TPSA) is 191 Å². The average Bonchev–Trinajstić information content (AvgIpc) is 2.90. The summed E-state index contributed by atoms with van der Waals surface area (Å²) in [7, 11) is -3.79. The summed E-state index contributed by atoms with van der Waals surface area (Å²) in [5.41, 5.74) is 0.985. The molecule has 4 aromatic rings. The van der Waals surface area contributed by atoms with Crippen LogP contribution in [0.4, 0.5) is 22.9 Å². The highest BCUT2D eigenvalue weighted by Crippen LogP contribution is 2.26. The number of phenols is 2. The number of aromatic nitrogens is 1. The van der Waals surface area contributed by atoms with Crippen molar-refractivity contribution in [2.24, 2.45) is 10.2 Å². The van der Waals surface area contributed by atoms with Gasteiger partial charge in [0.1, 0.15) is 22.9 Å². The van der Waals surface area contributed by atoms with Gasteiger partial charge in [-0.1, -0.05) is 6.07 Å². The minimum Gasteiger partial charge on any atom is -0.508 e. The third-order valence-electron chi connectivity index (χ3n) is 4.73. The highest BCUT2D eigenvalue weighted by Gasteiger charge is 2.14. The Morgan fingerprint density at radius 1 is 0.846 bits per heavy atom. The molecule has 5 N–H and O–H groups in total. The van der Waals surface area contributed by atoms with E-state index >= 15 is 0 Å². The van der Waals surface area contributed by atoms with Crippen molar-refractivity contribution in [1.82, 2.24) is 4.98 Å². The Balaban J connectivity index is 0.000000320. The molecule has 0 aliphatic rings. The van der Waals surface area contributed by atoms with E-state index in [1.165, 1.54) is 73.8 Å². The lowest BCUT2D eigenvalue weighted by Crippen LogP contribution is -2.13. The van der Waals surface area contributed by atoms with E-state index in [0.717, 1.165) is 0 Å². The molecule has 13 heteroatoms. The molecule has 1 aromatic heterocycles. The molecule has 0 spiro atoms. The van der Waals surface area contributed by atoms with Crippen molar-refractivity contribution in [3.8, 4) is 11.5 Å². The number of aromatic carboxylic acids is 1. The summed E-state index contributed by atoms with van der Waals surface area (Å²) in [6, 6.07) is 20.6. The number of nitrogens with zero attached hydrogens (tertiary/aromatic N) is 3. The molecule has 0 unspecified atom stereocenters. The van der Waals surface area contributed by atoms with Crippen LogP contribution in [0.1, 0.15) is 17.3 Å². The number of carbonyl (C=O) groups excluding carboxylic acids is 1. The molecule has 0 aliphatic carbocycles. The maximum Gasteiger partial charge on any atom is 0.339 e. The largest absolute Gasteiger partial charge is 0.508 e. The maximum atomic E-state index is 12.3. The van der Waals surface area contributed by atoms with E-state index in [2.05, 4.69) is 25.3 Å². The molecule has 1 heterocycles. The van der Waals surface area contributed by atoms with E-state index in [-0.39, 0.29) is 39.4 Å². The molecular weight excluding hydrogens is 526 g/mol. The van der Waals surface area contributed by atoms with Gasteiger partial charge in [0, 0.05) is 18.8 Å². The van der Waals surface area contributed by atoms with Gasteiger partial charge in [0.25, 0.3) is 10.0 Å². The second kappa shape index (κ2) is 12.8. The molecule has 0 saturated carbocycles. The first-order chi connectivity index (χ1) is 18.5. The zero-order chi connectivity index (χ0) is 28.4. The quantitative estimate of drug-likeness (QED) is 0.156. The van der Waals surface area contributed by atoms with Crippen LogP contribution in [0.3, 0.4) is 0 Å². The lowest BCUT2D eigenvalue weighted by atomic mass is 10.2. The van der Waals surface area contributed by atoms with Crippen molar-refractivity contribution < 1.29 is 33.3 Å².